The highest BCUT2D eigenvalue weighted by Crippen LogP contribution is 2.28. The molecule has 1 atom stereocenters. The zero-order valence-corrected chi connectivity index (χ0v) is 16.4. The van der Waals surface area contributed by atoms with Crippen molar-refractivity contribution in [1.82, 2.24) is 19.9 Å². The summed E-state index contributed by atoms with van der Waals surface area (Å²) in [5.74, 6) is -0.321. The molecule has 0 saturated heterocycles. The van der Waals surface area contributed by atoms with Gasteiger partial charge in [-0.25, -0.2) is 4.98 Å². The van der Waals surface area contributed by atoms with Crippen molar-refractivity contribution < 1.29 is 9.59 Å². The number of thiazole rings is 1. The van der Waals surface area contributed by atoms with Gasteiger partial charge < -0.3 is 9.88 Å². The van der Waals surface area contributed by atoms with Gasteiger partial charge in [0.05, 0.1) is 5.69 Å². The maximum atomic E-state index is 12.8. The lowest BCUT2D eigenvalue weighted by Crippen LogP contribution is -2.37. The molecule has 2 N–H and O–H groups in total. The number of rotatable bonds is 3. The lowest BCUT2D eigenvalue weighted by atomic mass is 10.1. The maximum Gasteiger partial charge on any atom is 0.268 e. The molecular weight excluding hydrogens is 386 g/mol. The molecule has 7 nitrogen and oxygen atoms in total. The topological polar surface area (TPSA) is 88.9 Å². The van der Waals surface area contributed by atoms with E-state index in [9.17, 15) is 9.59 Å². The lowest BCUT2D eigenvalue weighted by molar-refractivity contribution is 0.0919. The molecule has 1 unspecified atom stereocenters. The number of carbonyl (C=O) groups is 2. The Hall–Kier alpha value is -3.52. The van der Waals surface area contributed by atoms with E-state index in [-0.39, 0.29) is 17.9 Å². The van der Waals surface area contributed by atoms with Crippen molar-refractivity contribution in [1.29, 1.82) is 0 Å². The third kappa shape index (κ3) is 3.07. The fourth-order valence-corrected chi connectivity index (χ4v) is 4.30. The second kappa shape index (κ2) is 6.82. The predicted molar refractivity (Wildman–Crippen MR) is 112 cm³/mol. The van der Waals surface area contributed by atoms with Crippen molar-refractivity contribution in [2.45, 2.75) is 13.0 Å². The highest BCUT2D eigenvalue weighted by molar-refractivity contribution is 7.14. The second-order valence-corrected chi connectivity index (χ2v) is 7.82. The summed E-state index contributed by atoms with van der Waals surface area (Å²) in [6.07, 6.45) is 3.45. The van der Waals surface area contributed by atoms with Crippen molar-refractivity contribution in [3.63, 3.8) is 0 Å². The number of pyridine rings is 1. The number of hydrogen-bond donors (Lipinski definition) is 2. The fourth-order valence-electron chi connectivity index (χ4n) is 3.58. The molecule has 0 aliphatic carbocycles. The largest absolute Gasteiger partial charge is 0.349 e. The molecule has 1 aliphatic rings. The molecule has 2 amide bonds. The van der Waals surface area contributed by atoms with Gasteiger partial charge in [0.25, 0.3) is 11.8 Å². The Labute approximate surface area is 170 Å². The molecule has 4 heterocycles. The van der Waals surface area contributed by atoms with Crippen molar-refractivity contribution in [2.24, 2.45) is 0 Å². The van der Waals surface area contributed by atoms with Crippen LogP contribution < -0.4 is 10.6 Å². The molecule has 3 aromatic heterocycles. The van der Waals surface area contributed by atoms with Gasteiger partial charge in [-0.3, -0.25) is 19.9 Å². The highest BCUT2D eigenvalue weighted by atomic mass is 32.1. The van der Waals surface area contributed by atoms with E-state index in [0.29, 0.717) is 22.9 Å². The number of amides is 2. The first kappa shape index (κ1) is 17.6. The minimum atomic E-state index is -0.234. The Kier molecular flexibility index (Phi) is 4.13. The summed E-state index contributed by atoms with van der Waals surface area (Å²) in [5.41, 5.74) is 3.70. The first-order valence-corrected chi connectivity index (χ1v) is 10.1. The van der Waals surface area contributed by atoms with Crippen LogP contribution in [0.25, 0.3) is 22.2 Å². The number of hydrogen-bond acceptors (Lipinski definition) is 5. The fraction of sp³-hybridized carbons (Fsp3) is 0.143. The summed E-state index contributed by atoms with van der Waals surface area (Å²) in [6, 6.07) is 11.2. The second-order valence-electron chi connectivity index (χ2n) is 6.97. The molecule has 0 spiro atoms. The minimum absolute atomic E-state index is 0.0870. The summed E-state index contributed by atoms with van der Waals surface area (Å²) in [7, 11) is 0. The molecule has 8 heteroatoms. The molecule has 5 rings (SSSR count). The van der Waals surface area contributed by atoms with Gasteiger partial charge in [0.15, 0.2) is 5.13 Å². The van der Waals surface area contributed by atoms with Crippen LogP contribution in [0.5, 0.6) is 0 Å². The van der Waals surface area contributed by atoms with E-state index < -0.39 is 0 Å². The van der Waals surface area contributed by atoms with Gasteiger partial charge in [0.2, 0.25) is 0 Å². The Morgan fingerprint density at radius 2 is 2.21 bits per heavy atom. The predicted octanol–water partition coefficient (Wildman–Crippen LogP) is 3.72. The summed E-state index contributed by atoms with van der Waals surface area (Å²) < 4.78 is 1.99. The zero-order valence-electron chi connectivity index (χ0n) is 15.5. The highest BCUT2D eigenvalue weighted by Gasteiger charge is 2.24. The quantitative estimate of drug-likeness (QED) is 0.546. The molecule has 0 fully saturated rings. The number of benzene rings is 1. The number of nitrogens with one attached hydrogen (secondary N) is 2. The van der Waals surface area contributed by atoms with Gasteiger partial charge in [0.1, 0.15) is 5.69 Å². The maximum absolute atomic E-state index is 12.8. The smallest absolute Gasteiger partial charge is 0.268 e. The van der Waals surface area contributed by atoms with Gasteiger partial charge in [-0.05, 0) is 37.3 Å². The van der Waals surface area contributed by atoms with E-state index in [1.165, 1.54) is 11.3 Å². The van der Waals surface area contributed by atoms with Crippen molar-refractivity contribution >= 4 is 39.2 Å². The van der Waals surface area contributed by atoms with Gasteiger partial charge >= 0.3 is 0 Å². The zero-order chi connectivity index (χ0) is 20.0. The van der Waals surface area contributed by atoms with Crippen LogP contribution in [0, 0.1) is 0 Å². The number of carbonyl (C=O) groups excluding carboxylic acids is 2. The molecule has 1 aliphatic heterocycles. The summed E-state index contributed by atoms with van der Waals surface area (Å²) >= 11 is 1.37. The summed E-state index contributed by atoms with van der Waals surface area (Å²) in [6.45, 7) is 2.62. The SMILES string of the molecule is CC1CNC(=O)c2cc3ccc(C(=O)Nc4nc(-c5cccnc5)cs4)cc3n21. The van der Waals surface area contributed by atoms with E-state index >= 15 is 0 Å². The molecule has 4 aromatic rings. The number of anilines is 1. The van der Waals surface area contributed by atoms with Gasteiger partial charge in [-0.2, -0.15) is 0 Å². The first-order valence-electron chi connectivity index (χ1n) is 9.20. The first-order chi connectivity index (χ1) is 14.1. The summed E-state index contributed by atoms with van der Waals surface area (Å²) in [5, 5.41) is 9.10. The Morgan fingerprint density at radius 1 is 1.31 bits per heavy atom. The average molecular weight is 403 g/mol. The van der Waals surface area contributed by atoms with Crippen LogP contribution in [0.15, 0.2) is 54.2 Å². The van der Waals surface area contributed by atoms with Crippen molar-refractivity contribution in [3.8, 4) is 11.3 Å². The van der Waals surface area contributed by atoms with Crippen LogP contribution in [0.1, 0.15) is 33.8 Å². The van der Waals surface area contributed by atoms with Crippen LogP contribution in [-0.4, -0.2) is 32.9 Å². The molecule has 0 bridgehead atoms. The number of nitrogens with zero attached hydrogens (tertiary/aromatic N) is 3. The van der Waals surface area contributed by atoms with Crippen LogP contribution >= 0.6 is 11.3 Å². The van der Waals surface area contributed by atoms with Crippen LogP contribution in [-0.2, 0) is 0 Å². The Balaban J connectivity index is 1.44. The monoisotopic (exact) mass is 403 g/mol. The molecular formula is C21H17N5O2S. The molecule has 1 aromatic carbocycles. The molecule has 144 valence electrons. The third-order valence-electron chi connectivity index (χ3n) is 5.02. The normalized spacial score (nSPS) is 15.8. The molecule has 0 radical (unpaired) electrons. The molecule has 29 heavy (non-hydrogen) atoms. The van der Waals surface area contributed by atoms with Gasteiger partial charge in [-0.1, -0.05) is 6.07 Å². The molecule has 0 saturated carbocycles. The Morgan fingerprint density at radius 3 is 3.03 bits per heavy atom. The standard InChI is InChI=1S/C21H17N5O2S/c1-12-9-23-20(28)18-7-13-4-5-14(8-17(13)26(12)18)19(27)25-21-24-16(11-29-21)15-3-2-6-22-10-15/h2-8,10-12H,9H2,1H3,(H,23,28)(H,24,25,27). The van der Waals surface area contributed by atoms with Crippen LogP contribution in [0.4, 0.5) is 5.13 Å². The Bertz CT molecular complexity index is 1240. The van der Waals surface area contributed by atoms with E-state index in [1.807, 2.05) is 47.2 Å². The van der Waals surface area contributed by atoms with E-state index in [0.717, 1.165) is 22.2 Å². The van der Waals surface area contributed by atoms with E-state index in [4.69, 9.17) is 0 Å². The average Bonchev–Trinajstić information content (AvgIpc) is 3.36. The van der Waals surface area contributed by atoms with Gasteiger partial charge in [-0.15, -0.1) is 11.3 Å². The van der Waals surface area contributed by atoms with E-state index in [2.05, 4.69) is 20.6 Å². The third-order valence-corrected chi connectivity index (χ3v) is 5.78. The van der Waals surface area contributed by atoms with Gasteiger partial charge in [0, 0.05) is 52.4 Å². The van der Waals surface area contributed by atoms with Crippen LogP contribution in [0.3, 0.4) is 0 Å². The van der Waals surface area contributed by atoms with Crippen molar-refractivity contribution in [3.05, 3.63) is 65.4 Å². The number of fused-ring (bicyclic) bond motifs is 3. The van der Waals surface area contributed by atoms with E-state index in [1.54, 1.807) is 18.5 Å². The number of aromatic nitrogens is 3. The minimum Gasteiger partial charge on any atom is -0.349 e. The van der Waals surface area contributed by atoms with Crippen molar-refractivity contribution in [2.75, 3.05) is 11.9 Å². The summed E-state index contributed by atoms with van der Waals surface area (Å²) in [4.78, 5) is 33.5. The van der Waals surface area contributed by atoms with Crippen LogP contribution in [0.2, 0.25) is 0 Å². The lowest BCUT2D eigenvalue weighted by Gasteiger charge is -2.24.